The lowest BCUT2D eigenvalue weighted by molar-refractivity contribution is -0.133. The maximum Gasteiger partial charge on any atom is 0.231 e. The van der Waals surface area contributed by atoms with E-state index in [1.165, 1.54) is 11.3 Å². The molecular weight excluding hydrogens is 494 g/mol. The van der Waals surface area contributed by atoms with Crippen LogP contribution in [0.4, 0.5) is 5.82 Å². The summed E-state index contributed by atoms with van der Waals surface area (Å²) in [6, 6.07) is 8.16. The number of benzene rings is 1. The number of aliphatic hydroxyl groups is 1. The summed E-state index contributed by atoms with van der Waals surface area (Å²) in [5, 5.41) is 9.89. The molecule has 1 aromatic carbocycles. The first-order chi connectivity index (χ1) is 16.5. The molecule has 3 heterocycles. The first kappa shape index (κ1) is 23.7. The van der Waals surface area contributed by atoms with Gasteiger partial charge in [-0.25, -0.2) is 9.97 Å². The van der Waals surface area contributed by atoms with E-state index in [1.54, 1.807) is 6.33 Å². The highest BCUT2D eigenvalue weighted by Crippen LogP contribution is 2.37. The third-order valence-corrected chi connectivity index (χ3v) is 8.24. The fraction of sp³-hybridized carbons (Fsp3) is 0.577. The summed E-state index contributed by atoms with van der Waals surface area (Å²) in [6.07, 6.45) is 5.22. The van der Waals surface area contributed by atoms with Crippen LogP contribution in [0.15, 0.2) is 35.1 Å². The van der Waals surface area contributed by atoms with Gasteiger partial charge in [0.25, 0.3) is 0 Å². The molecule has 1 aromatic heterocycles. The third-order valence-electron chi connectivity index (χ3n) is 7.71. The Balaban J connectivity index is 1.29. The number of piperidine rings is 1. The topological polar surface area (TPSA) is 72.8 Å². The van der Waals surface area contributed by atoms with Crippen LogP contribution in [0.3, 0.4) is 0 Å². The summed E-state index contributed by atoms with van der Waals surface area (Å²) in [4.78, 5) is 29.7. The van der Waals surface area contributed by atoms with E-state index in [9.17, 15) is 9.90 Å². The van der Waals surface area contributed by atoms with E-state index >= 15 is 0 Å². The number of fused-ring (bicyclic) bond motifs is 1. The van der Waals surface area contributed by atoms with Crippen molar-refractivity contribution in [1.29, 1.82) is 0 Å². The molecule has 0 radical (unpaired) electrons. The SMILES string of the molecule is C[C@@H]1CCc2ncnc(N3CCN(C(=O)C(CN4CCC(O)CC4)c4ccc(Br)cc4)CC3)c21. The highest BCUT2D eigenvalue weighted by molar-refractivity contribution is 9.10. The normalized spacial score (nSPS) is 22.6. The van der Waals surface area contributed by atoms with Gasteiger partial charge in [-0.05, 0) is 49.3 Å². The number of carbonyl (C=O) groups excluding carboxylic acids is 1. The van der Waals surface area contributed by atoms with E-state index in [2.05, 4.69) is 54.8 Å². The van der Waals surface area contributed by atoms with Crippen LogP contribution in [0.25, 0.3) is 0 Å². The number of halogens is 1. The van der Waals surface area contributed by atoms with Gasteiger partial charge in [0.05, 0.1) is 12.0 Å². The van der Waals surface area contributed by atoms with Gasteiger partial charge in [-0.15, -0.1) is 0 Å². The highest BCUT2D eigenvalue weighted by Gasteiger charge is 2.33. The second-order valence-corrected chi connectivity index (χ2v) is 10.9. The van der Waals surface area contributed by atoms with Crippen molar-refractivity contribution in [3.05, 3.63) is 51.9 Å². The van der Waals surface area contributed by atoms with Crippen LogP contribution in [0.5, 0.6) is 0 Å². The van der Waals surface area contributed by atoms with E-state index < -0.39 is 0 Å². The Morgan fingerprint density at radius 1 is 1.06 bits per heavy atom. The average Bonchev–Trinajstić information content (AvgIpc) is 3.25. The van der Waals surface area contributed by atoms with Gasteiger partial charge in [0.2, 0.25) is 5.91 Å². The van der Waals surface area contributed by atoms with Crippen LogP contribution < -0.4 is 4.90 Å². The molecule has 2 aromatic rings. The molecular formula is C26H34BrN5O2. The van der Waals surface area contributed by atoms with Crippen LogP contribution in [0, 0.1) is 0 Å². The molecule has 8 heteroatoms. The van der Waals surface area contributed by atoms with E-state index in [0.717, 1.165) is 67.7 Å². The maximum atomic E-state index is 13.8. The number of aromatic nitrogens is 2. The number of hydrogen-bond donors (Lipinski definition) is 1. The molecule has 2 saturated heterocycles. The minimum Gasteiger partial charge on any atom is -0.393 e. The van der Waals surface area contributed by atoms with Gasteiger partial charge < -0.3 is 19.8 Å². The minimum absolute atomic E-state index is 0.196. The molecule has 2 fully saturated rings. The van der Waals surface area contributed by atoms with Crippen LogP contribution in [-0.4, -0.2) is 82.7 Å². The Bertz CT molecular complexity index is 1000. The number of amides is 1. The standard InChI is InChI=1S/C26H34BrN5O2/c1-18-2-7-23-24(18)25(29-17-28-23)31-12-14-32(15-13-31)26(34)22(19-3-5-20(27)6-4-19)16-30-10-8-21(33)9-11-30/h3-6,17-18,21-22,33H,2,7-16H2,1H3/t18-,22?/m1/s1. The number of rotatable bonds is 5. The van der Waals surface area contributed by atoms with Gasteiger partial charge in [0, 0.05) is 61.5 Å². The van der Waals surface area contributed by atoms with Crippen molar-refractivity contribution in [2.75, 3.05) is 50.7 Å². The summed E-state index contributed by atoms with van der Waals surface area (Å²) < 4.78 is 1.02. The van der Waals surface area contributed by atoms with Gasteiger partial charge >= 0.3 is 0 Å². The third kappa shape index (κ3) is 4.99. The fourth-order valence-corrected chi connectivity index (χ4v) is 5.88. The molecule has 0 saturated carbocycles. The lowest BCUT2D eigenvalue weighted by Crippen LogP contribution is -2.52. The van der Waals surface area contributed by atoms with E-state index in [-0.39, 0.29) is 17.9 Å². The fourth-order valence-electron chi connectivity index (χ4n) is 5.62. The number of aliphatic hydroxyl groups excluding tert-OH is 1. The molecule has 2 atom stereocenters. The van der Waals surface area contributed by atoms with Gasteiger partial charge in [0.15, 0.2) is 0 Å². The zero-order chi connectivity index (χ0) is 23.7. The Morgan fingerprint density at radius 3 is 2.47 bits per heavy atom. The van der Waals surface area contributed by atoms with Crippen molar-refractivity contribution in [2.24, 2.45) is 0 Å². The molecule has 0 spiro atoms. The van der Waals surface area contributed by atoms with Crippen LogP contribution >= 0.6 is 15.9 Å². The maximum absolute atomic E-state index is 13.8. The van der Waals surface area contributed by atoms with Crippen molar-refractivity contribution >= 4 is 27.7 Å². The average molecular weight is 528 g/mol. The number of likely N-dealkylation sites (tertiary alicyclic amines) is 1. The Labute approximate surface area is 210 Å². The Hall–Kier alpha value is -2.03. The van der Waals surface area contributed by atoms with Gasteiger partial charge in [-0.1, -0.05) is 35.0 Å². The van der Waals surface area contributed by atoms with Crippen molar-refractivity contribution in [3.8, 4) is 0 Å². The number of hydrogen-bond acceptors (Lipinski definition) is 6. The van der Waals surface area contributed by atoms with E-state index in [0.29, 0.717) is 25.6 Å². The predicted molar refractivity (Wildman–Crippen MR) is 136 cm³/mol. The van der Waals surface area contributed by atoms with Crippen molar-refractivity contribution in [1.82, 2.24) is 19.8 Å². The second kappa shape index (κ2) is 10.3. The van der Waals surface area contributed by atoms with Crippen LogP contribution in [0.2, 0.25) is 0 Å². The van der Waals surface area contributed by atoms with Crippen molar-refractivity contribution in [3.63, 3.8) is 0 Å². The number of aryl methyl sites for hydroxylation is 1. The monoisotopic (exact) mass is 527 g/mol. The molecule has 1 aliphatic carbocycles. The zero-order valence-corrected chi connectivity index (χ0v) is 21.5. The number of carbonyl (C=O) groups is 1. The molecule has 5 rings (SSSR count). The largest absolute Gasteiger partial charge is 0.393 e. The van der Waals surface area contributed by atoms with Crippen LogP contribution in [0.1, 0.15) is 54.8 Å². The molecule has 1 amide bonds. The molecule has 34 heavy (non-hydrogen) atoms. The van der Waals surface area contributed by atoms with Gasteiger partial charge in [-0.3, -0.25) is 4.79 Å². The summed E-state index contributed by atoms with van der Waals surface area (Å²) in [6.45, 7) is 7.65. The molecule has 182 valence electrons. The van der Waals surface area contributed by atoms with Crippen molar-refractivity contribution in [2.45, 2.75) is 50.5 Å². The summed E-state index contributed by atoms with van der Waals surface area (Å²) in [7, 11) is 0. The number of nitrogens with zero attached hydrogens (tertiary/aromatic N) is 5. The van der Waals surface area contributed by atoms with Crippen molar-refractivity contribution < 1.29 is 9.90 Å². The number of anilines is 1. The summed E-state index contributed by atoms with van der Waals surface area (Å²) in [5.41, 5.74) is 3.56. The van der Waals surface area contributed by atoms with Crippen LogP contribution in [-0.2, 0) is 11.2 Å². The predicted octanol–water partition coefficient (Wildman–Crippen LogP) is 3.18. The Kier molecular flexibility index (Phi) is 7.18. The Morgan fingerprint density at radius 2 is 1.76 bits per heavy atom. The number of piperazine rings is 1. The first-order valence-corrected chi connectivity index (χ1v) is 13.3. The minimum atomic E-state index is -0.211. The molecule has 1 unspecified atom stereocenters. The second-order valence-electron chi connectivity index (χ2n) is 9.95. The lowest BCUT2D eigenvalue weighted by atomic mass is 9.95. The van der Waals surface area contributed by atoms with E-state index in [4.69, 9.17) is 0 Å². The molecule has 2 aliphatic heterocycles. The molecule has 7 nitrogen and oxygen atoms in total. The molecule has 3 aliphatic rings. The molecule has 0 bridgehead atoms. The van der Waals surface area contributed by atoms with Gasteiger partial charge in [0.1, 0.15) is 12.1 Å². The first-order valence-electron chi connectivity index (χ1n) is 12.5. The lowest BCUT2D eigenvalue weighted by Gasteiger charge is -2.39. The quantitative estimate of drug-likeness (QED) is 0.643. The van der Waals surface area contributed by atoms with E-state index in [1.807, 2.05) is 17.0 Å². The van der Waals surface area contributed by atoms with Gasteiger partial charge in [-0.2, -0.15) is 0 Å². The smallest absolute Gasteiger partial charge is 0.231 e. The molecule has 1 N–H and O–H groups in total. The zero-order valence-electron chi connectivity index (χ0n) is 19.9. The highest BCUT2D eigenvalue weighted by atomic mass is 79.9. The summed E-state index contributed by atoms with van der Waals surface area (Å²) >= 11 is 3.52. The summed E-state index contributed by atoms with van der Waals surface area (Å²) in [5.74, 6) is 1.57.